The van der Waals surface area contributed by atoms with Crippen molar-refractivity contribution >= 4 is 27.1 Å². The third-order valence-electron chi connectivity index (χ3n) is 4.17. The molecule has 0 bridgehead atoms. The molecule has 1 saturated heterocycles. The van der Waals surface area contributed by atoms with Crippen LogP contribution in [0, 0.1) is 0 Å². The molecule has 1 aliphatic rings. The summed E-state index contributed by atoms with van der Waals surface area (Å²) in [6, 6.07) is 7.04. The summed E-state index contributed by atoms with van der Waals surface area (Å²) in [6.45, 7) is 2.81. The van der Waals surface area contributed by atoms with Crippen LogP contribution in [0.25, 0.3) is 0 Å². The number of nitrogens with zero attached hydrogens (tertiary/aromatic N) is 2. The molecule has 1 amide bonds. The molecule has 1 fully saturated rings. The van der Waals surface area contributed by atoms with E-state index in [1.807, 2.05) is 24.4 Å². The van der Waals surface area contributed by atoms with Crippen molar-refractivity contribution in [2.75, 3.05) is 25.4 Å². The summed E-state index contributed by atoms with van der Waals surface area (Å²) >= 11 is 1.44. The molecule has 1 atom stereocenters. The second kappa shape index (κ2) is 7.53. The molecule has 3 heterocycles. The van der Waals surface area contributed by atoms with Crippen molar-refractivity contribution in [3.8, 4) is 5.88 Å². The van der Waals surface area contributed by atoms with Crippen molar-refractivity contribution in [2.45, 2.75) is 18.6 Å². The maximum absolute atomic E-state index is 12.9. The average Bonchev–Trinajstić information content (AvgIpc) is 3.06. The Balaban J connectivity index is 1.82. The highest BCUT2D eigenvalue weighted by molar-refractivity contribution is 7.91. The van der Waals surface area contributed by atoms with Crippen LogP contribution in [0.3, 0.4) is 0 Å². The number of carbonyl (C=O) groups excluding carboxylic acids is 1. The minimum absolute atomic E-state index is 0.0362. The van der Waals surface area contributed by atoms with Crippen molar-refractivity contribution in [1.29, 1.82) is 0 Å². The van der Waals surface area contributed by atoms with E-state index in [1.165, 1.54) is 11.3 Å². The van der Waals surface area contributed by atoms with Gasteiger partial charge in [-0.2, -0.15) is 0 Å². The van der Waals surface area contributed by atoms with Gasteiger partial charge in [0.25, 0.3) is 5.91 Å². The first-order valence-electron chi connectivity index (χ1n) is 8.15. The monoisotopic (exact) mass is 380 g/mol. The predicted molar refractivity (Wildman–Crippen MR) is 96.8 cm³/mol. The van der Waals surface area contributed by atoms with Crippen LogP contribution in [0.1, 0.15) is 33.8 Å². The van der Waals surface area contributed by atoms with E-state index in [9.17, 15) is 13.2 Å². The van der Waals surface area contributed by atoms with Gasteiger partial charge in [0.05, 0.1) is 17.6 Å². The van der Waals surface area contributed by atoms with Crippen LogP contribution in [0.2, 0.25) is 0 Å². The Kier molecular flexibility index (Phi) is 5.39. The number of hydrogen-bond donors (Lipinski definition) is 0. The van der Waals surface area contributed by atoms with Crippen LogP contribution < -0.4 is 4.74 Å². The van der Waals surface area contributed by atoms with Crippen LogP contribution in [0.5, 0.6) is 5.88 Å². The maximum atomic E-state index is 12.9. The van der Waals surface area contributed by atoms with Gasteiger partial charge >= 0.3 is 0 Å². The Morgan fingerprint density at radius 1 is 1.36 bits per heavy atom. The molecule has 2 aromatic rings. The van der Waals surface area contributed by atoms with E-state index < -0.39 is 15.1 Å². The first-order valence-corrected chi connectivity index (χ1v) is 10.7. The number of carbonyl (C=O) groups is 1. The molecule has 1 aliphatic heterocycles. The van der Waals surface area contributed by atoms with Gasteiger partial charge in [0.1, 0.15) is 5.56 Å². The Labute approximate surface area is 151 Å². The molecular weight excluding hydrogens is 360 g/mol. The normalized spacial score (nSPS) is 20.0. The fourth-order valence-corrected chi connectivity index (χ4v) is 5.92. The van der Waals surface area contributed by atoms with Crippen molar-refractivity contribution < 1.29 is 17.9 Å². The van der Waals surface area contributed by atoms with Gasteiger partial charge in [0.2, 0.25) is 5.88 Å². The van der Waals surface area contributed by atoms with Crippen molar-refractivity contribution in [3.05, 3.63) is 46.3 Å². The molecule has 8 heteroatoms. The highest BCUT2D eigenvalue weighted by Crippen LogP contribution is 2.33. The topological polar surface area (TPSA) is 76.6 Å². The van der Waals surface area contributed by atoms with E-state index in [2.05, 4.69) is 4.98 Å². The van der Waals surface area contributed by atoms with Gasteiger partial charge < -0.3 is 9.64 Å². The Bertz CT molecular complexity index is 834. The van der Waals surface area contributed by atoms with Gasteiger partial charge in [-0.1, -0.05) is 6.07 Å². The number of pyridine rings is 1. The molecule has 0 aliphatic carbocycles. The van der Waals surface area contributed by atoms with Crippen molar-refractivity contribution in [3.63, 3.8) is 0 Å². The minimum atomic E-state index is -3.28. The largest absolute Gasteiger partial charge is 0.477 e. The summed E-state index contributed by atoms with van der Waals surface area (Å²) in [4.78, 5) is 19.4. The van der Waals surface area contributed by atoms with Gasteiger partial charge in [0, 0.05) is 24.2 Å². The molecule has 0 radical (unpaired) electrons. The highest BCUT2D eigenvalue weighted by atomic mass is 32.2. The van der Waals surface area contributed by atoms with E-state index in [4.69, 9.17) is 4.74 Å². The van der Waals surface area contributed by atoms with Crippen LogP contribution >= 0.6 is 11.3 Å². The second-order valence-electron chi connectivity index (χ2n) is 5.74. The molecule has 2 aromatic heterocycles. The number of thiophene rings is 1. The summed E-state index contributed by atoms with van der Waals surface area (Å²) in [6.07, 6.45) is 1.97. The lowest BCUT2D eigenvalue weighted by atomic mass is 10.2. The van der Waals surface area contributed by atoms with Gasteiger partial charge in [-0.25, -0.2) is 13.4 Å². The van der Waals surface area contributed by atoms with Crippen LogP contribution in [-0.2, 0) is 9.84 Å². The van der Waals surface area contributed by atoms with Crippen LogP contribution in [0.4, 0.5) is 0 Å². The summed E-state index contributed by atoms with van der Waals surface area (Å²) in [5, 5.41) is 1.34. The van der Waals surface area contributed by atoms with E-state index in [1.54, 1.807) is 23.2 Å². The zero-order chi connectivity index (χ0) is 17.9. The first-order chi connectivity index (χ1) is 12.0. The first kappa shape index (κ1) is 17.9. The Morgan fingerprint density at radius 2 is 2.20 bits per heavy atom. The highest BCUT2D eigenvalue weighted by Gasteiger charge is 2.34. The van der Waals surface area contributed by atoms with Crippen molar-refractivity contribution in [1.82, 2.24) is 9.88 Å². The summed E-state index contributed by atoms with van der Waals surface area (Å²) in [5.41, 5.74) is 0.372. The lowest BCUT2D eigenvalue weighted by Crippen LogP contribution is -2.34. The fourth-order valence-electron chi connectivity index (χ4n) is 2.92. The standard InChI is InChI=1S/C17H20N2O4S2/c1-2-23-16-13(5-3-8-18-16)17(20)19-9-7-15(14-6-4-11-24-14)25(21,22)12-10-19/h3-6,8,11,15H,2,7,9-10,12H2,1H3. The fraction of sp³-hybridized carbons (Fsp3) is 0.412. The molecule has 0 saturated carbocycles. The third-order valence-corrected chi connectivity index (χ3v) is 7.41. The van der Waals surface area contributed by atoms with Gasteiger partial charge in [-0.05, 0) is 36.9 Å². The van der Waals surface area contributed by atoms with Crippen molar-refractivity contribution in [2.24, 2.45) is 0 Å². The Hall–Kier alpha value is -1.93. The Morgan fingerprint density at radius 3 is 2.92 bits per heavy atom. The molecule has 0 spiro atoms. The number of amides is 1. The quantitative estimate of drug-likeness (QED) is 0.815. The molecule has 0 N–H and O–H groups in total. The van der Waals surface area contributed by atoms with Gasteiger partial charge in [-0.3, -0.25) is 4.79 Å². The molecule has 0 aromatic carbocycles. The number of rotatable bonds is 4. The number of sulfone groups is 1. The third kappa shape index (κ3) is 3.85. The SMILES string of the molecule is CCOc1ncccc1C(=O)N1CCC(c2cccs2)S(=O)(=O)CC1. The number of hydrogen-bond acceptors (Lipinski definition) is 6. The maximum Gasteiger partial charge on any atom is 0.259 e. The van der Waals surface area contributed by atoms with E-state index in [0.717, 1.165) is 4.88 Å². The predicted octanol–water partition coefficient (Wildman–Crippen LogP) is 2.54. The molecule has 6 nitrogen and oxygen atoms in total. The lowest BCUT2D eigenvalue weighted by molar-refractivity contribution is 0.0761. The molecular formula is C17H20N2O4S2. The molecule has 3 rings (SSSR count). The molecule has 1 unspecified atom stereocenters. The van der Waals surface area contributed by atoms with Gasteiger partial charge in [-0.15, -0.1) is 11.3 Å². The summed E-state index contributed by atoms with van der Waals surface area (Å²) < 4.78 is 30.6. The average molecular weight is 380 g/mol. The van der Waals surface area contributed by atoms with Gasteiger partial charge in [0.15, 0.2) is 9.84 Å². The van der Waals surface area contributed by atoms with Crippen LogP contribution in [-0.4, -0.2) is 49.7 Å². The zero-order valence-corrected chi connectivity index (χ0v) is 15.6. The summed E-state index contributed by atoms with van der Waals surface area (Å²) in [5.74, 6) is 0.0152. The molecule has 134 valence electrons. The summed E-state index contributed by atoms with van der Waals surface area (Å²) in [7, 11) is -3.28. The van der Waals surface area contributed by atoms with Crippen LogP contribution in [0.15, 0.2) is 35.8 Å². The molecule has 25 heavy (non-hydrogen) atoms. The second-order valence-corrected chi connectivity index (χ2v) is 9.02. The smallest absolute Gasteiger partial charge is 0.259 e. The lowest BCUT2D eigenvalue weighted by Gasteiger charge is -2.20. The number of ether oxygens (including phenoxy) is 1. The minimum Gasteiger partial charge on any atom is -0.477 e. The number of aromatic nitrogens is 1. The van der Waals surface area contributed by atoms with E-state index in [-0.39, 0.29) is 24.1 Å². The van der Waals surface area contributed by atoms with E-state index in [0.29, 0.717) is 25.1 Å². The zero-order valence-electron chi connectivity index (χ0n) is 13.9. The van der Waals surface area contributed by atoms with E-state index >= 15 is 0 Å².